The van der Waals surface area contributed by atoms with Gasteiger partial charge in [-0.05, 0) is 50.2 Å². The molecule has 110 valence electrons. The summed E-state index contributed by atoms with van der Waals surface area (Å²) < 4.78 is 0. The summed E-state index contributed by atoms with van der Waals surface area (Å²) in [5, 5.41) is 1.85. The summed E-state index contributed by atoms with van der Waals surface area (Å²) in [5.74, 6) is 0.815. The lowest BCUT2D eigenvalue weighted by Crippen LogP contribution is -2.21. The van der Waals surface area contributed by atoms with E-state index in [0.717, 1.165) is 17.1 Å². The van der Waals surface area contributed by atoms with Crippen molar-refractivity contribution in [3.63, 3.8) is 0 Å². The second-order valence-corrected chi connectivity index (χ2v) is 5.37. The highest BCUT2D eigenvalue weighted by Crippen LogP contribution is 2.27. The van der Waals surface area contributed by atoms with Crippen molar-refractivity contribution < 1.29 is 4.84 Å². The molecule has 0 bridgehead atoms. The summed E-state index contributed by atoms with van der Waals surface area (Å²) in [4.78, 5) is 6.11. The summed E-state index contributed by atoms with van der Waals surface area (Å²) in [7, 11) is 0. The molecule has 0 radical (unpaired) electrons. The van der Waals surface area contributed by atoms with E-state index >= 15 is 0 Å². The van der Waals surface area contributed by atoms with E-state index in [2.05, 4.69) is 38.1 Å². The number of anilines is 2. The number of benzene rings is 3. The SMILES string of the molecule is Cc1ccc(ON(c2ccccc2)c2ccc(C)cc2)cc1. The van der Waals surface area contributed by atoms with Crippen molar-refractivity contribution in [2.75, 3.05) is 5.06 Å². The number of hydrogen-bond donors (Lipinski definition) is 0. The van der Waals surface area contributed by atoms with Gasteiger partial charge in [0.25, 0.3) is 0 Å². The molecule has 22 heavy (non-hydrogen) atoms. The van der Waals surface area contributed by atoms with E-state index in [1.54, 1.807) is 0 Å². The van der Waals surface area contributed by atoms with Gasteiger partial charge in [-0.1, -0.05) is 53.6 Å². The van der Waals surface area contributed by atoms with E-state index in [1.165, 1.54) is 11.1 Å². The molecule has 0 aliphatic heterocycles. The fourth-order valence-electron chi connectivity index (χ4n) is 2.20. The molecule has 2 heteroatoms. The van der Waals surface area contributed by atoms with Crippen molar-refractivity contribution in [2.24, 2.45) is 0 Å². The Morgan fingerprint density at radius 2 is 1.09 bits per heavy atom. The lowest BCUT2D eigenvalue weighted by atomic mass is 10.2. The molecular weight excluding hydrogens is 270 g/mol. The van der Waals surface area contributed by atoms with Crippen LogP contribution in [-0.2, 0) is 0 Å². The second kappa shape index (κ2) is 6.35. The van der Waals surface area contributed by atoms with Crippen LogP contribution in [0.5, 0.6) is 5.75 Å². The van der Waals surface area contributed by atoms with Gasteiger partial charge in [0.15, 0.2) is 5.75 Å². The molecule has 0 unspecified atom stereocenters. The Morgan fingerprint density at radius 1 is 0.591 bits per heavy atom. The average Bonchev–Trinajstić information content (AvgIpc) is 2.56. The molecule has 0 amide bonds. The maximum atomic E-state index is 6.11. The number of hydrogen-bond acceptors (Lipinski definition) is 2. The Balaban J connectivity index is 1.96. The predicted octanol–water partition coefficient (Wildman–Crippen LogP) is 5.44. The van der Waals surface area contributed by atoms with Crippen LogP contribution < -0.4 is 9.90 Å². The predicted molar refractivity (Wildman–Crippen MR) is 91.6 cm³/mol. The molecule has 0 fully saturated rings. The van der Waals surface area contributed by atoms with E-state index in [9.17, 15) is 0 Å². The molecule has 0 atom stereocenters. The van der Waals surface area contributed by atoms with E-state index in [-0.39, 0.29) is 0 Å². The van der Waals surface area contributed by atoms with Crippen LogP contribution in [0.3, 0.4) is 0 Å². The Labute approximate surface area is 131 Å². The van der Waals surface area contributed by atoms with Gasteiger partial charge in [-0.3, -0.25) is 0 Å². The van der Waals surface area contributed by atoms with E-state index in [4.69, 9.17) is 4.84 Å². The normalized spacial score (nSPS) is 10.3. The smallest absolute Gasteiger partial charge is 0.155 e. The standard InChI is InChI=1S/C20H19NO/c1-16-8-12-19(13-9-16)21(18-6-4-3-5-7-18)22-20-14-10-17(2)11-15-20/h3-15H,1-2H3. The van der Waals surface area contributed by atoms with Crippen LogP contribution in [0, 0.1) is 13.8 Å². The van der Waals surface area contributed by atoms with Crippen molar-refractivity contribution in [3.8, 4) is 5.75 Å². The zero-order valence-corrected chi connectivity index (χ0v) is 12.9. The van der Waals surface area contributed by atoms with Crippen molar-refractivity contribution in [1.82, 2.24) is 0 Å². The third-order valence-corrected chi connectivity index (χ3v) is 3.48. The lowest BCUT2D eigenvalue weighted by Gasteiger charge is -2.24. The highest BCUT2D eigenvalue weighted by molar-refractivity contribution is 5.61. The number of rotatable bonds is 4. The monoisotopic (exact) mass is 289 g/mol. The summed E-state index contributed by atoms with van der Waals surface area (Å²) in [6.45, 7) is 4.15. The Kier molecular flexibility index (Phi) is 4.10. The number of para-hydroxylation sites is 1. The first kappa shape index (κ1) is 14.2. The topological polar surface area (TPSA) is 12.5 Å². The molecule has 3 aromatic carbocycles. The molecule has 0 saturated heterocycles. The molecule has 3 rings (SSSR count). The minimum Gasteiger partial charge on any atom is -0.375 e. The summed E-state index contributed by atoms with van der Waals surface area (Å²) in [5.41, 5.74) is 4.44. The van der Waals surface area contributed by atoms with Crippen molar-refractivity contribution >= 4 is 11.4 Å². The fraction of sp³-hybridized carbons (Fsp3) is 0.100. The molecule has 3 aromatic rings. The minimum atomic E-state index is 0.815. The zero-order valence-electron chi connectivity index (χ0n) is 12.9. The molecule has 0 spiro atoms. The highest BCUT2D eigenvalue weighted by Gasteiger charge is 2.11. The third kappa shape index (κ3) is 3.29. The van der Waals surface area contributed by atoms with Gasteiger partial charge >= 0.3 is 0 Å². The molecular formula is C20H19NO. The van der Waals surface area contributed by atoms with Gasteiger partial charge < -0.3 is 4.84 Å². The summed E-state index contributed by atoms with van der Waals surface area (Å²) in [6, 6.07) is 26.5. The number of nitrogens with zero attached hydrogens (tertiary/aromatic N) is 1. The van der Waals surface area contributed by atoms with Crippen LogP contribution in [0.1, 0.15) is 11.1 Å². The largest absolute Gasteiger partial charge is 0.375 e. The molecule has 0 saturated carbocycles. The van der Waals surface area contributed by atoms with Gasteiger partial charge in [0, 0.05) is 0 Å². The van der Waals surface area contributed by atoms with Crippen LogP contribution in [0.25, 0.3) is 0 Å². The average molecular weight is 289 g/mol. The maximum absolute atomic E-state index is 6.11. The van der Waals surface area contributed by atoms with Gasteiger partial charge in [0.1, 0.15) is 0 Å². The summed E-state index contributed by atoms with van der Waals surface area (Å²) >= 11 is 0. The Hall–Kier alpha value is -2.74. The molecule has 0 aliphatic rings. The van der Waals surface area contributed by atoms with Crippen LogP contribution in [0.2, 0.25) is 0 Å². The van der Waals surface area contributed by atoms with Crippen LogP contribution >= 0.6 is 0 Å². The van der Waals surface area contributed by atoms with Gasteiger partial charge in [-0.15, -0.1) is 0 Å². The van der Waals surface area contributed by atoms with Crippen molar-refractivity contribution in [3.05, 3.63) is 90.0 Å². The molecule has 0 aliphatic carbocycles. The van der Waals surface area contributed by atoms with E-state index < -0.39 is 0 Å². The lowest BCUT2D eigenvalue weighted by molar-refractivity contribution is 0.324. The van der Waals surface area contributed by atoms with Crippen LogP contribution in [-0.4, -0.2) is 0 Å². The Bertz CT molecular complexity index is 718. The zero-order chi connectivity index (χ0) is 15.4. The first-order valence-corrected chi connectivity index (χ1v) is 7.39. The quantitative estimate of drug-likeness (QED) is 0.593. The van der Waals surface area contributed by atoms with Gasteiger partial charge in [0.05, 0.1) is 11.4 Å². The van der Waals surface area contributed by atoms with Crippen LogP contribution in [0.4, 0.5) is 11.4 Å². The molecule has 2 nitrogen and oxygen atoms in total. The number of aryl methyl sites for hydroxylation is 2. The van der Waals surface area contributed by atoms with Gasteiger partial charge in [-0.2, -0.15) is 5.06 Å². The second-order valence-electron chi connectivity index (χ2n) is 5.37. The van der Waals surface area contributed by atoms with Crippen LogP contribution in [0.15, 0.2) is 78.9 Å². The molecule has 0 N–H and O–H groups in total. The fourth-order valence-corrected chi connectivity index (χ4v) is 2.20. The highest BCUT2D eigenvalue weighted by atomic mass is 16.7. The maximum Gasteiger partial charge on any atom is 0.155 e. The van der Waals surface area contributed by atoms with Gasteiger partial charge in [-0.25, -0.2) is 0 Å². The minimum absolute atomic E-state index is 0.815. The van der Waals surface area contributed by atoms with Gasteiger partial charge in [0.2, 0.25) is 0 Å². The van der Waals surface area contributed by atoms with E-state index in [0.29, 0.717) is 0 Å². The van der Waals surface area contributed by atoms with Crippen molar-refractivity contribution in [1.29, 1.82) is 0 Å². The summed E-state index contributed by atoms with van der Waals surface area (Å²) in [6.07, 6.45) is 0. The Morgan fingerprint density at radius 3 is 1.68 bits per heavy atom. The molecule has 0 heterocycles. The first-order chi connectivity index (χ1) is 10.7. The third-order valence-electron chi connectivity index (χ3n) is 3.48. The molecule has 0 aromatic heterocycles. The van der Waals surface area contributed by atoms with Crippen molar-refractivity contribution in [2.45, 2.75) is 13.8 Å². The van der Waals surface area contributed by atoms with E-state index in [1.807, 2.05) is 59.7 Å². The first-order valence-electron chi connectivity index (χ1n) is 7.39.